The highest BCUT2D eigenvalue weighted by atomic mass is 32.2. The van der Waals surface area contributed by atoms with Crippen molar-refractivity contribution in [2.45, 2.75) is 56.4 Å². The number of carbonyl (C=O) groups is 1. The number of amides is 1. The lowest BCUT2D eigenvalue weighted by molar-refractivity contribution is -0.253. The molecule has 3 aliphatic carbocycles. The fourth-order valence-electron chi connectivity index (χ4n) is 4.21. The zero-order chi connectivity index (χ0) is 20.8. The SMILES string of the molecule is CSNc1ccc(C(F)(F)F)cc1C(=O)NC12CCC(C(F)(F)F)(CC1)CC2. The van der Waals surface area contributed by atoms with Crippen molar-refractivity contribution in [3.8, 4) is 0 Å². The van der Waals surface area contributed by atoms with Gasteiger partial charge in [0.25, 0.3) is 5.91 Å². The van der Waals surface area contributed by atoms with Crippen LogP contribution in [0.3, 0.4) is 0 Å². The summed E-state index contributed by atoms with van der Waals surface area (Å²) in [5.41, 5.74) is -3.39. The number of rotatable bonds is 4. The summed E-state index contributed by atoms with van der Waals surface area (Å²) in [5.74, 6) is -0.705. The zero-order valence-corrected chi connectivity index (χ0v) is 15.9. The third-order valence-electron chi connectivity index (χ3n) is 6.03. The fourth-order valence-corrected chi connectivity index (χ4v) is 4.61. The molecular formula is C18H20F6N2OS. The molecule has 0 aromatic heterocycles. The van der Waals surface area contributed by atoms with Crippen LogP contribution in [0.1, 0.15) is 54.4 Å². The van der Waals surface area contributed by atoms with Crippen molar-refractivity contribution in [1.29, 1.82) is 0 Å². The minimum atomic E-state index is -4.60. The molecule has 4 rings (SSSR count). The molecule has 3 nitrogen and oxygen atoms in total. The second-order valence-corrected chi connectivity index (χ2v) is 8.19. The van der Waals surface area contributed by atoms with Crippen LogP contribution < -0.4 is 10.0 Å². The van der Waals surface area contributed by atoms with Crippen LogP contribution in [0, 0.1) is 5.41 Å². The molecule has 0 radical (unpaired) electrons. The van der Waals surface area contributed by atoms with Gasteiger partial charge in [-0.05, 0) is 56.7 Å². The van der Waals surface area contributed by atoms with Crippen molar-refractivity contribution in [3.05, 3.63) is 29.3 Å². The Labute approximate surface area is 162 Å². The number of carbonyl (C=O) groups excluding carboxylic acids is 1. The molecule has 0 heterocycles. The summed E-state index contributed by atoms with van der Waals surface area (Å²) in [7, 11) is 0. The van der Waals surface area contributed by atoms with Gasteiger partial charge in [0.15, 0.2) is 0 Å². The Hall–Kier alpha value is -1.58. The Bertz CT molecular complexity index is 737. The first-order valence-electron chi connectivity index (χ1n) is 8.81. The minimum absolute atomic E-state index is 0.0741. The van der Waals surface area contributed by atoms with Gasteiger partial charge in [-0.25, -0.2) is 0 Å². The second kappa shape index (κ2) is 7.03. The number of hydrogen-bond acceptors (Lipinski definition) is 3. The smallest absolute Gasteiger partial charge is 0.347 e. The lowest BCUT2D eigenvalue weighted by Crippen LogP contribution is -2.59. The number of anilines is 1. The summed E-state index contributed by atoms with van der Waals surface area (Å²) < 4.78 is 82.0. The Kier molecular flexibility index (Phi) is 5.31. The highest BCUT2D eigenvalue weighted by Gasteiger charge is 2.61. The van der Waals surface area contributed by atoms with E-state index >= 15 is 0 Å². The van der Waals surface area contributed by atoms with Crippen LogP contribution >= 0.6 is 11.9 Å². The van der Waals surface area contributed by atoms with Gasteiger partial charge in [-0.15, -0.1) is 0 Å². The van der Waals surface area contributed by atoms with E-state index < -0.39 is 34.8 Å². The van der Waals surface area contributed by atoms with Gasteiger partial charge in [-0.2, -0.15) is 26.3 Å². The van der Waals surface area contributed by atoms with E-state index in [0.29, 0.717) is 0 Å². The average molecular weight is 426 g/mol. The molecule has 0 unspecified atom stereocenters. The Morgan fingerprint density at radius 3 is 2.04 bits per heavy atom. The van der Waals surface area contributed by atoms with Crippen molar-refractivity contribution in [1.82, 2.24) is 5.32 Å². The molecule has 0 spiro atoms. The predicted molar refractivity (Wildman–Crippen MR) is 95.0 cm³/mol. The van der Waals surface area contributed by atoms with E-state index in [2.05, 4.69) is 10.0 Å². The van der Waals surface area contributed by atoms with Crippen LogP contribution in [0.25, 0.3) is 0 Å². The van der Waals surface area contributed by atoms with E-state index in [1.807, 2.05) is 0 Å². The summed E-state index contributed by atoms with van der Waals surface area (Å²) in [6, 6.07) is 2.84. The van der Waals surface area contributed by atoms with Gasteiger partial charge in [-0.3, -0.25) is 4.79 Å². The molecule has 1 aromatic rings. The molecule has 3 aliphatic rings. The molecular weight excluding hydrogens is 406 g/mol. The van der Waals surface area contributed by atoms with Crippen molar-refractivity contribution in [3.63, 3.8) is 0 Å². The molecule has 1 amide bonds. The van der Waals surface area contributed by atoms with E-state index in [-0.39, 0.29) is 49.8 Å². The first-order chi connectivity index (χ1) is 12.9. The summed E-state index contributed by atoms with van der Waals surface area (Å²) in [6.45, 7) is 0. The van der Waals surface area contributed by atoms with Crippen molar-refractivity contribution in [2.75, 3.05) is 11.0 Å². The molecule has 10 heteroatoms. The van der Waals surface area contributed by atoms with E-state index in [1.165, 1.54) is 6.07 Å². The Morgan fingerprint density at radius 1 is 1.00 bits per heavy atom. The number of nitrogens with one attached hydrogen (secondary N) is 2. The monoisotopic (exact) mass is 426 g/mol. The van der Waals surface area contributed by atoms with E-state index in [0.717, 1.165) is 24.1 Å². The normalized spacial score (nSPS) is 27.5. The van der Waals surface area contributed by atoms with Gasteiger partial charge < -0.3 is 10.0 Å². The standard InChI is InChI=1S/C18H20F6N2OS/c1-28-26-13-3-2-11(17(19,20)21)10-12(13)14(27)25-16-7-4-15(5-8-16,6-9-16)18(22,23)24/h2-3,10,26H,4-9H2,1H3,(H,25,27). The molecule has 0 atom stereocenters. The average Bonchev–Trinajstić information content (AvgIpc) is 2.61. The Balaban J connectivity index is 1.82. The van der Waals surface area contributed by atoms with Crippen molar-refractivity contribution < 1.29 is 31.1 Å². The fraction of sp³-hybridized carbons (Fsp3) is 0.611. The lowest BCUT2D eigenvalue weighted by atomic mass is 9.57. The van der Waals surface area contributed by atoms with Gasteiger partial charge in [0.2, 0.25) is 0 Å². The van der Waals surface area contributed by atoms with Gasteiger partial charge in [0.05, 0.1) is 22.2 Å². The maximum absolute atomic E-state index is 13.4. The largest absolute Gasteiger partial charge is 0.416 e. The number of fused-ring (bicyclic) bond motifs is 3. The van der Waals surface area contributed by atoms with Crippen LogP contribution in [-0.4, -0.2) is 23.9 Å². The second-order valence-electron chi connectivity index (χ2n) is 7.58. The van der Waals surface area contributed by atoms with Gasteiger partial charge in [0.1, 0.15) is 0 Å². The number of hydrogen-bond donors (Lipinski definition) is 2. The maximum Gasteiger partial charge on any atom is 0.416 e. The van der Waals surface area contributed by atoms with E-state index in [1.54, 1.807) is 6.26 Å². The molecule has 3 saturated carbocycles. The van der Waals surface area contributed by atoms with Crippen LogP contribution in [-0.2, 0) is 6.18 Å². The molecule has 2 N–H and O–H groups in total. The molecule has 3 fully saturated rings. The van der Waals surface area contributed by atoms with Gasteiger partial charge in [0, 0.05) is 11.8 Å². The maximum atomic E-state index is 13.4. The molecule has 0 aliphatic heterocycles. The first-order valence-corrected chi connectivity index (χ1v) is 10.0. The summed E-state index contributed by atoms with van der Waals surface area (Å²) in [4.78, 5) is 12.8. The molecule has 156 valence electrons. The van der Waals surface area contributed by atoms with E-state index in [4.69, 9.17) is 0 Å². The number of halogens is 6. The predicted octanol–water partition coefficient (Wildman–Crippen LogP) is 5.78. The van der Waals surface area contributed by atoms with Crippen LogP contribution in [0.5, 0.6) is 0 Å². The lowest BCUT2D eigenvalue weighted by Gasteiger charge is -2.53. The van der Waals surface area contributed by atoms with Crippen LogP contribution in [0.2, 0.25) is 0 Å². The summed E-state index contributed by atoms with van der Waals surface area (Å²) in [5, 5.41) is 2.76. The van der Waals surface area contributed by atoms with Gasteiger partial charge in [-0.1, -0.05) is 11.9 Å². The van der Waals surface area contributed by atoms with Gasteiger partial charge >= 0.3 is 12.4 Å². The third-order valence-corrected chi connectivity index (χ3v) is 6.45. The first kappa shape index (κ1) is 21.1. The summed E-state index contributed by atoms with van der Waals surface area (Å²) >= 11 is 1.12. The minimum Gasteiger partial charge on any atom is -0.347 e. The van der Waals surface area contributed by atoms with Crippen molar-refractivity contribution in [2.24, 2.45) is 5.41 Å². The molecule has 2 bridgehead atoms. The molecule has 28 heavy (non-hydrogen) atoms. The highest BCUT2D eigenvalue weighted by Crippen LogP contribution is 2.59. The molecule has 0 saturated heterocycles. The summed E-state index contributed by atoms with van der Waals surface area (Å²) in [6.07, 6.45) is -6.93. The Morgan fingerprint density at radius 2 is 1.57 bits per heavy atom. The van der Waals surface area contributed by atoms with Crippen molar-refractivity contribution >= 4 is 23.5 Å². The van der Waals surface area contributed by atoms with Crippen LogP contribution in [0.15, 0.2) is 18.2 Å². The third kappa shape index (κ3) is 3.79. The topological polar surface area (TPSA) is 41.1 Å². The number of alkyl halides is 6. The number of benzene rings is 1. The quantitative estimate of drug-likeness (QED) is 0.474. The molecule has 1 aromatic carbocycles. The highest BCUT2D eigenvalue weighted by molar-refractivity contribution is 7.99. The van der Waals surface area contributed by atoms with E-state index in [9.17, 15) is 31.1 Å². The zero-order valence-electron chi connectivity index (χ0n) is 15.1. The van der Waals surface area contributed by atoms with Crippen LogP contribution in [0.4, 0.5) is 32.0 Å².